The van der Waals surface area contributed by atoms with E-state index >= 15 is 0 Å². The maximum atomic E-state index is 13.0. The van der Waals surface area contributed by atoms with Gasteiger partial charge in [-0.3, -0.25) is 4.68 Å². The van der Waals surface area contributed by atoms with Crippen molar-refractivity contribution in [3.05, 3.63) is 17.0 Å². The molecule has 2 radical (unpaired) electrons. The average molecular weight is 238 g/mol. The highest BCUT2D eigenvalue weighted by Crippen LogP contribution is 2.46. The SMILES string of the molecule is [B]C(P)c1c(C2CC2)c(CF)nn1C(C)C. The van der Waals surface area contributed by atoms with Gasteiger partial charge in [-0.1, -0.05) is 0 Å². The minimum absolute atomic E-state index is 0.161. The van der Waals surface area contributed by atoms with Crippen molar-refractivity contribution in [3.63, 3.8) is 0 Å². The van der Waals surface area contributed by atoms with E-state index in [9.17, 15) is 4.39 Å². The summed E-state index contributed by atoms with van der Waals surface area (Å²) in [5.74, 6) is 0.486. The molecule has 16 heavy (non-hydrogen) atoms. The van der Waals surface area contributed by atoms with Crippen LogP contribution < -0.4 is 0 Å². The number of nitrogens with zero attached hydrogens (tertiary/aromatic N) is 2. The largest absolute Gasteiger partial charge is 0.267 e. The van der Waals surface area contributed by atoms with Gasteiger partial charge in [0, 0.05) is 17.3 Å². The van der Waals surface area contributed by atoms with Gasteiger partial charge in [0.15, 0.2) is 0 Å². The summed E-state index contributed by atoms with van der Waals surface area (Å²) in [6, 6.07) is 0.222. The summed E-state index contributed by atoms with van der Waals surface area (Å²) >= 11 is 0. The Morgan fingerprint density at radius 3 is 2.56 bits per heavy atom. The van der Waals surface area contributed by atoms with E-state index < -0.39 is 6.67 Å². The Kier molecular flexibility index (Phi) is 3.39. The molecule has 2 unspecified atom stereocenters. The molecule has 2 rings (SSSR count). The van der Waals surface area contributed by atoms with Crippen molar-refractivity contribution in [2.45, 2.75) is 50.9 Å². The van der Waals surface area contributed by atoms with Crippen LogP contribution in [0.2, 0.25) is 0 Å². The second-order valence-electron chi connectivity index (χ2n) is 4.72. The first-order valence-electron chi connectivity index (χ1n) is 5.74. The third kappa shape index (κ3) is 2.04. The minimum Gasteiger partial charge on any atom is -0.267 e. The van der Waals surface area contributed by atoms with E-state index in [1.807, 2.05) is 18.5 Å². The van der Waals surface area contributed by atoms with Crippen molar-refractivity contribution in [1.82, 2.24) is 9.78 Å². The van der Waals surface area contributed by atoms with Crippen molar-refractivity contribution in [3.8, 4) is 0 Å². The zero-order valence-electron chi connectivity index (χ0n) is 9.78. The zero-order chi connectivity index (χ0) is 11.9. The lowest BCUT2D eigenvalue weighted by molar-refractivity contribution is 0.454. The third-order valence-electron chi connectivity index (χ3n) is 2.98. The first-order valence-corrected chi connectivity index (χ1v) is 6.41. The highest BCUT2D eigenvalue weighted by Gasteiger charge is 2.33. The van der Waals surface area contributed by atoms with E-state index in [2.05, 4.69) is 14.3 Å². The van der Waals surface area contributed by atoms with Gasteiger partial charge in [0.25, 0.3) is 0 Å². The average Bonchev–Trinajstić information content (AvgIpc) is 2.96. The molecular formula is C11H17BFN2P. The lowest BCUT2D eigenvalue weighted by atomic mass is 9.94. The Morgan fingerprint density at radius 1 is 1.56 bits per heavy atom. The second-order valence-corrected chi connectivity index (χ2v) is 5.44. The molecule has 2 nitrogen and oxygen atoms in total. The molecule has 0 saturated heterocycles. The van der Waals surface area contributed by atoms with Gasteiger partial charge >= 0.3 is 0 Å². The first-order chi connectivity index (χ1) is 7.56. The van der Waals surface area contributed by atoms with Gasteiger partial charge in [-0.05, 0) is 38.2 Å². The van der Waals surface area contributed by atoms with E-state index in [1.165, 1.54) is 0 Å². The van der Waals surface area contributed by atoms with E-state index in [0.29, 0.717) is 11.6 Å². The van der Waals surface area contributed by atoms with Crippen LogP contribution in [-0.4, -0.2) is 17.6 Å². The summed E-state index contributed by atoms with van der Waals surface area (Å²) in [6.45, 7) is 3.60. The Morgan fingerprint density at radius 2 is 2.19 bits per heavy atom. The van der Waals surface area contributed by atoms with Gasteiger partial charge in [0.05, 0.1) is 13.5 Å². The molecule has 0 aliphatic heterocycles. The number of halogens is 1. The molecule has 0 N–H and O–H groups in total. The quantitative estimate of drug-likeness (QED) is 0.582. The van der Waals surface area contributed by atoms with Crippen LogP contribution in [0.4, 0.5) is 4.39 Å². The first kappa shape index (κ1) is 12.1. The lowest BCUT2D eigenvalue weighted by Crippen LogP contribution is -2.10. The number of alkyl halides is 1. The molecule has 0 amide bonds. The van der Waals surface area contributed by atoms with Crippen LogP contribution in [0.3, 0.4) is 0 Å². The molecule has 1 saturated carbocycles. The van der Waals surface area contributed by atoms with Crippen molar-refractivity contribution < 1.29 is 4.39 Å². The smallest absolute Gasteiger partial charge is 0.134 e. The summed E-state index contributed by atoms with van der Waals surface area (Å²) in [5, 5.41) is 4.36. The summed E-state index contributed by atoms with van der Waals surface area (Å²) < 4.78 is 14.8. The molecule has 5 heteroatoms. The summed E-state index contributed by atoms with van der Waals surface area (Å²) in [6.07, 6.45) is 2.28. The molecule has 2 atom stereocenters. The fourth-order valence-electron chi connectivity index (χ4n) is 2.15. The zero-order valence-corrected chi connectivity index (χ0v) is 10.9. The Bertz CT molecular complexity index is 386. The lowest BCUT2D eigenvalue weighted by Gasteiger charge is -2.15. The fourth-order valence-corrected chi connectivity index (χ4v) is 2.48. The van der Waals surface area contributed by atoms with E-state index in [0.717, 1.165) is 24.1 Å². The standard InChI is InChI=1S/C11H17BFN2P/c1-6(2)15-10(11(12)16)9(7-3-4-7)8(5-13)14-15/h6-7,11H,3-5,16H2,1-2H3. The van der Waals surface area contributed by atoms with Crippen LogP contribution in [0, 0.1) is 0 Å². The molecule has 86 valence electrons. The highest BCUT2D eigenvalue weighted by atomic mass is 31.0. The van der Waals surface area contributed by atoms with Crippen LogP contribution in [0.5, 0.6) is 0 Å². The number of hydrogen-bond donors (Lipinski definition) is 0. The van der Waals surface area contributed by atoms with Gasteiger partial charge in [0.2, 0.25) is 0 Å². The number of rotatable bonds is 4. The summed E-state index contributed by atoms with van der Waals surface area (Å²) in [4.78, 5) is 0. The maximum Gasteiger partial charge on any atom is 0.134 e. The van der Waals surface area contributed by atoms with Crippen molar-refractivity contribution in [2.24, 2.45) is 0 Å². The molecule has 1 aliphatic rings. The molecule has 1 aromatic heterocycles. The van der Waals surface area contributed by atoms with Gasteiger partial charge in [0.1, 0.15) is 6.67 Å². The Balaban J connectivity index is 2.53. The normalized spacial score (nSPS) is 18.1. The van der Waals surface area contributed by atoms with Crippen LogP contribution in [0.1, 0.15) is 61.2 Å². The van der Waals surface area contributed by atoms with Gasteiger partial charge in [-0.15, -0.1) is 9.24 Å². The number of aromatic nitrogens is 2. The van der Waals surface area contributed by atoms with Crippen LogP contribution in [0.15, 0.2) is 0 Å². The van der Waals surface area contributed by atoms with Gasteiger partial charge < -0.3 is 0 Å². The van der Waals surface area contributed by atoms with Crippen molar-refractivity contribution >= 4 is 17.1 Å². The monoisotopic (exact) mass is 238 g/mol. The molecular weight excluding hydrogens is 221 g/mol. The van der Waals surface area contributed by atoms with Crippen molar-refractivity contribution in [1.29, 1.82) is 0 Å². The molecule has 1 heterocycles. The molecule has 0 bridgehead atoms. The topological polar surface area (TPSA) is 17.8 Å². The molecule has 1 aliphatic carbocycles. The van der Waals surface area contributed by atoms with E-state index in [-0.39, 0.29) is 11.6 Å². The predicted octanol–water partition coefficient (Wildman–Crippen LogP) is 2.85. The summed E-state index contributed by atoms with van der Waals surface area (Å²) in [7, 11) is 8.55. The van der Waals surface area contributed by atoms with Crippen molar-refractivity contribution in [2.75, 3.05) is 0 Å². The van der Waals surface area contributed by atoms with Crippen LogP contribution in [-0.2, 0) is 6.67 Å². The maximum absolute atomic E-state index is 13.0. The highest BCUT2D eigenvalue weighted by molar-refractivity contribution is 7.20. The van der Waals surface area contributed by atoms with Gasteiger partial charge in [-0.25, -0.2) is 4.39 Å². The van der Waals surface area contributed by atoms with Gasteiger partial charge in [-0.2, -0.15) is 5.10 Å². The predicted molar refractivity (Wildman–Crippen MR) is 67.6 cm³/mol. The van der Waals surface area contributed by atoms with Crippen LogP contribution in [0.25, 0.3) is 0 Å². The molecule has 1 fully saturated rings. The molecule has 0 spiro atoms. The van der Waals surface area contributed by atoms with Crippen LogP contribution >= 0.6 is 9.24 Å². The van der Waals surface area contributed by atoms with E-state index in [4.69, 9.17) is 7.85 Å². The molecule has 0 aromatic carbocycles. The summed E-state index contributed by atoms with van der Waals surface area (Å²) in [5.41, 5.74) is 2.49. The van der Waals surface area contributed by atoms with E-state index in [1.54, 1.807) is 0 Å². The fraction of sp³-hybridized carbons (Fsp3) is 0.727. The Labute approximate surface area is 99.6 Å². The molecule has 1 aromatic rings. The number of hydrogen-bond acceptors (Lipinski definition) is 1. The Hall–Kier alpha value is -0.365. The second kappa shape index (κ2) is 4.48. The minimum atomic E-state index is -0.490. The third-order valence-corrected chi connectivity index (χ3v) is 3.29.